The number of carbonyl (C=O) groups excluding carboxylic acids is 3. The van der Waals surface area contributed by atoms with Crippen LogP contribution in [0.1, 0.15) is 60.8 Å². The van der Waals surface area contributed by atoms with Crippen LogP contribution in [0.15, 0.2) is 66.7 Å². The number of amides is 1. The summed E-state index contributed by atoms with van der Waals surface area (Å²) in [4.78, 5) is 39.4. The van der Waals surface area contributed by atoms with E-state index in [-0.39, 0.29) is 19.3 Å². The van der Waals surface area contributed by atoms with Crippen molar-refractivity contribution in [3.8, 4) is 17.2 Å². The maximum Gasteiger partial charge on any atom is 0.332 e. The van der Waals surface area contributed by atoms with E-state index >= 15 is 0 Å². The molecule has 0 saturated heterocycles. The van der Waals surface area contributed by atoms with Crippen LogP contribution < -0.4 is 14.2 Å². The van der Waals surface area contributed by atoms with Crippen LogP contribution >= 0.6 is 0 Å². The fraction of sp³-hybridized carbons (Fsp3) is 0.364. The monoisotopic (exact) mass is 577 g/mol. The highest BCUT2D eigenvalue weighted by atomic mass is 16.7. The number of hydrogen-bond donors (Lipinski definition) is 1. The minimum Gasteiger partial charge on any atom is -0.497 e. The van der Waals surface area contributed by atoms with Crippen LogP contribution in [0.25, 0.3) is 0 Å². The van der Waals surface area contributed by atoms with Crippen molar-refractivity contribution in [2.24, 2.45) is 0 Å². The van der Waals surface area contributed by atoms with Gasteiger partial charge in [0.05, 0.1) is 21.3 Å². The van der Waals surface area contributed by atoms with E-state index in [2.05, 4.69) is 0 Å². The molecule has 0 heterocycles. The fourth-order valence-corrected chi connectivity index (χ4v) is 4.71. The molecule has 0 atom stereocenters. The van der Waals surface area contributed by atoms with E-state index in [0.717, 1.165) is 23.5 Å². The summed E-state index contributed by atoms with van der Waals surface area (Å²) in [5.74, 6) is 1.16. The summed E-state index contributed by atoms with van der Waals surface area (Å²) in [6.07, 6.45) is 3.66. The van der Waals surface area contributed by atoms with E-state index in [9.17, 15) is 19.5 Å². The number of ether oxygens (including phenoxy) is 3. The molecule has 0 fully saturated rings. The number of rotatable bonds is 15. The third-order valence-electron chi connectivity index (χ3n) is 7.11. The molecule has 1 N–H and O–H groups in total. The van der Waals surface area contributed by atoms with Crippen molar-refractivity contribution in [1.29, 1.82) is 0 Å². The Hall–Kier alpha value is -4.37. The first-order chi connectivity index (χ1) is 20.3. The Kier molecular flexibility index (Phi) is 11.9. The van der Waals surface area contributed by atoms with Crippen LogP contribution in [0.4, 0.5) is 0 Å². The number of hydroxylamine groups is 2. The zero-order valence-electron chi connectivity index (χ0n) is 24.6. The van der Waals surface area contributed by atoms with Crippen LogP contribution in [-0.4, -0.2) is 56.7 Å². The molecule has 0 unspecified atom stereocenters. The fourth-order valence-electron chi connectivity index (χ4n) is 4.71. The molecule has 0 radical (unpaired) electrons. The highest BCUT2D eigenvalue weighted by molar-refractivity contribution is 5.79. The van der Waals surface area contributed by atoms with Gasteiger partial charge >= 0.3 is 5.97 Å². The van der Waals surface area contributed by atoms with E-state index in [1.54, 1.807) is 21.3 Å². The lowest BCUT2D eigenvalue weighted by molar-refractivity contribution is -0.192. The van der Waals surface area contributed by atoms with E-state index in [0.29, 0.717) is 53.1 Å². The zero-order chi connectivity index (χ0) is 30.5. The van der Waals surface area contributed by atoms with Crippen molar-refractivity contribution in [2.75, 3.05) is 28.4 Å². The van der Waals surface area contributed by atoms with Gasteiger partial charge in [0.15, 0.2) is 0 Å². The predicted molar refractivity (Wildman–Crippen MR) is 157 cm³/mol. The largest absolute Gasteiger partial charge is 0.497 e. The molecule has 0 aromatic heterocycles. The number of carbonyl (C=O) groups is 3. The Morgan fingerprint density at radius 1 is 0.786 bits per heavy atom. The lowest BCUT2D eigenvalue weighted by Crippen LogP contribution is -2.29. The third kappa shape index (κ3) is 8.10. The summed E-state index contributed by atoms with van der Waals surface area (Å²) >= 11 is 0. The van der Waals surface area contributed by atoms with Gasteiger partial charge in [0.1, 0.15) is 29.1 Å². The van der Waals surface area contributed by atoms with Gasteiger partial charge < -0.3 is 28.9 Å². The third-order valence-corrected chi connectivity index (χ3v) is 7.11. The van der Waals surface area contributed by atoms with Gasteiger partial charge in [-0.1, -0.05) is 36.8 Å². The number of nitrogens with zero attached hydrogens (tertiary/aromatic N) is 1. The highest BCUT2D eigenvalue weighted by Gasteiger charge is 2.34. The molecule has 0 saturated carbocycles. The van der Waals surface area contributed by atoms with Crippen molar-refractivity contribution in [3.05, 3.63) is 89.0 Å². The van der Waals surface area contributed by atoms with E-state index in [1.807, 2.05) is 66.7 Å². The summed E-state index contributed by atoms with van der Waals surface area (Å²) in [5, 5.41) is 13.2. The van der Waals surface area contributed by atoms with Gasteiger partial charge in [-0.2, -0.15) is 5.06 Å². The molecule has 9 nitrogen and oxygen atoms in total. The van der Waals surface area contributed by atoms with Gasteiger partial charge in [0.25, 0.3) is 5.91 Å². The Morgan fingerprint density at radius 2 is 1.36 bits per heavy atom. The Balaban J connectivity index is 1.74. The van der Waals surface area contributed by atoms with Gasteiger partial charge in [-0.05, 0) is 77.9 Å². The topological polar surface area (TPSA) is 112 Å². The molecule has 224 valence electrons. The summed E-state index contributed by atoms with van der Waals surface area (Å²) in [7, 11) is 6.17. The van der Waals surface area contributed by atoms with Gasteiger partial charge in [0, 0.05) is 26.3 Å². The van der Waals surface area contributed by atoms with Crippen LogP contribution in [0.3, 0.4) is 0 Å². The number of aldehydes is 1. The first-order valence-corrected chi connectivity index (χ1v) is 13.9. The number of hydrogen-bond acceptors (Lipinski definition) is 8. The van der Waals surface area contributed by atoms with Gasteiger partial charge in [-0.3, -0.25) is 4.79 Å². The van der Waals surface area contributed by atoms with E-state index in [1.165, 1.54) is 7.05 Å². The second-order valence-corrected chi connectivity index (χ2v) is 9.81. The number of aliphatic hydroxyl groups is 1. The van der Waals surface area contributed by atoms with Gasteiger partial charge in [-0.25, -0.2) is 4.79 Å². The van der Waals surface area contributed by atoms with Crippen molar-refractivity contribution >= 4 is 18.2 Å². The lowest BCUT2D eigenvalue weighted by Gasteiger charge is -2.31. The SMILES string of the molecule is COc1ccc(C(O)(c2ccc(OC)cc2)c2ccc(OC)c(CCCCCC(=O)ON(C)C(=O)CCC=O)c2)cc1. The molecule has 1 amide bonds. The Morgan fingerprint density at radius 3 is 1.88 bits per heavy atom. The average Bonchev–Trinajstić information content (AvgIpc) is 3.02. The minimum absolute atomic E-state index is 0.000230. The number of methoxy groups -OCH3 is 3. The minimum atomic E-state index is -1.46. The first kappa shape index (κ1) is 32.1. The van der Waals surface area contributed by atoms with Crippen molar-refractivity contribution in [3.63, 3.8) is 0 Å². The second kappa shape index (κ2) is 15.6. The first-order valence-electron chi connectivity index (χ1n) is 13.9. The Bertz CT molecular complexity index is 1270. The van der Waals surface area contributed by atoms with Gasteiger partial charge in [-0.15, -0.1) is 0 Å². The highest BCUT2D eigenvalue weighted by Crippen LogP contribution is 2.39. The van der Waals surface area contributed by atoms with Crippen molar-refractivity contribution in [2.45, 2.75) is 50.5 Å². The van der Waals surface area contributed by atoms with E-state index < -0.39 is 17.5 Å². The molecule has 0 spiro atoms. The standard InChI is InChI=1S/C33H39NO8/c1-34(31(36)10-8-22-35)42-32(37)11-7-5-6-9-24-23-27(16-21-30(24)41-4)33(38,25-12-17-28(39-2)18-13-25)26-14-19-29(40-3)20-15-26/h12-23,38H,5-11H2,1-4H3. The normalized spacial score (nSPS) is 11.0. The molecule has 42 heavy (non-hydrogen) atoms. The molecule has 0 aliphatic carbocycles. The smallest absolute Gasteiger partial charge is 0.332 e. The molecule has 3 aromatic rings. The number of unbranched alkanes of at least 4 members (excludes halogenated alkanes) is 2. The van der Waals surface area contributed by atoms with Gasteiger partial charge in [0.2, 0.25) is 0 Å². The number of benzene rings is 3. The summed E-state index contributed by atoms with van der Waals surface area (Å²) < 4.78 is 16.3. The number of aryl methyl sites for hydroxylation is 1. The van der Waals surface area contributed by atoms with Crippen LogP contribution in [-0.2, 0) is 31.2 Å². The van der Waals surface area contributed by atoms with Crippen molar-refractivity contribution in [1.82, 2.24) is 5.06 Å². The molecule has 0 aliphatic heterocycles. The van der Waals surface area contributed by atoms with Crippen LogP contribution in [0.5, 0.6) is 17.2 Å². The predicted octanol–water partition coefficient (Wildman–Crippen LogP) is 5.00. The van der Waals surface area contributed by atoms with Crippen molar-refractivity contribution < 1.29 is 38.5 Å². The lowest BCUT2D eigenvalue weighted by atomic mass is 9.79. The molecular weight excluding hydrogens is 538 g/mol. The summed E-state index contributed by atoms with van der Waals surface area (Å²) in [6, 6.07) is 20.3. The van der Waals surface area contributed by atoms with Crippen LogP contribution in [0.2, 0.25) is 0 Å². The average molecular weight is 578 g/mol. The molecular formula is C33H39NO8. The maximum atomic E-state index is 12.4. The second-order valence-electron chi connectivity index (χ2n) is 9.81. The quantitative estimate of drug-likeness (QED) is 0.116. The molecule has 0 aliphatic rings. The summed E-state index contributed by atoms with van der Waals surface area (Å²) in [6.45, 7) is 0. The molecule has 3 rings (SSSR count). The maximum absolute atomic E-state index is 12.4. The van der Waals surface area contributed by atoms with Crippen LogP contribution in [0, 0.1) is 0 Å². The molecule has 9 heteroatoms. The molecule has 3 aromatic carbocycles. The molecule has 0 bridgehead atoms. The Labute approximate surface area is 246 Å². The zero-order valence-corrected chi connectivity index (χ0v) is 24.6. The summed E-state index contributed by atoms with van der Waals surface area (Å²) in [5.41, 5.74) is 1.51. The van der Waals surface area contributed by atoms with E-state index in [4.69, 9.17) is 19.0 Å².